The number of aromatic nitrogens is 3. The molecule has 1 saturated heterocycles. The summed E-state index contributed by atoms with van der Waals surface area (Å²) in [7, 11) is 1.61. The zero-order valence-corrected chi connectivity index (χ0v) is 13.3. The summed E-state index contributed by atoms with van der Waals surface area (Å²) in [6, 6.07) is 4.38. The molecule has 2 atom stereocenters. The lowest BCUT2D eigenvalue weighted by atomic mass is 10.00. The van der Waals surface area contributed by atoms with E-state index in [4.69, 9.17) is 16.3 Å². The zero-order valence-electron chi connectivity index (χ0n) is 12.5. The van der Waals surface area contributed by atoms with E-state index in [-0.39, 0.29) is 22.6 Å². The van der Waals surface area contributed by atoms with Gasteiger partial charge in [0.2, 0.25) is 0 Å². The summed E-state index contributed by atoms with van der Waals surface area (Å²) in [5.41, 5.74) is -0.0470. The van der Waals surface area contributed by atoms with E-state index in [1.807, 2.05) is 0 Å². The van der Waals surface area contributed by atoms with E-state index >= 15 is 0 Å². The van der Waals surface area contributed by atoms with Gasteiger partial charge in [0.05, 0.1) is 16.7 Å². The second-order valence-corrected chi connectivity index (χ2v) is 5.87. The SMILES string of the molecule is CN(C[C@H]1OCC[C@H]1c1ncn[nH]1)C(=O)c1cccc(Cl)c1F. The maximum atomic E-state index is 14.0. The fourth-order valence-corrected chi connectivity index (χ4v) is 2.94. The van der Waals surface area contributed by atoms with Gasteiger partial charge in [0, 0.05) is 26.1 Å². The Hall–Kier alpha value is -1.99. The van der Waals surface area contributed by atoms with Crippen molar-refractivity contribution in [1.29, 1.82) is 0 Å². The molecule has 0 unspecified atom stereocenters. The molecule has 0 spiro atoms. The number of nitrogens with one attached hydrogen (secondary N) is 1. The molecule has 0 bridgehead atoms. The van der Waals surface area contributed by atoms with Crippen LogP contribution in [-0.4, -0.2) is 52.3 Å². The number of benzene rings is 1. The minimum absolute atomic E-state index is 0.0389. The quantitative estimate of drug-likeness (QED) is 0.928. The molecule has 6 nitrogen and oxygen atoms in total. The first-order valence-corrected chi connectivity index (χ1v) is 7.62. The fraction of sp³-hybridized carbons (Fsp3) is 0.400. The van der Waals surface area contributed by atoms with Crippen molar-refractivity contribution in [2.24, 2.45) is 0 Å². The van der Waals surface area contributed by atoms with Crippen molar-refractivity contribution in [2.75, 3.05) is 20.2 Å². The van der Waals surface area contributed by atoms with Crippen LogP contribution in [0, 0.1) is 5.82 Å². The summed E-state index contributed by atoms with van der Waals surface area (Å²) in [6.07, 6.45) is 2.04. The minimum Gasteiger partial charge on any atom is -0.376 e. The van der Waals surface area contributed by atoms with Gasteiger partial charge in [-0.1, -0.05) is 17.7 Å². The highest BCUT2D eigenvalue weighted by atomic mass is 35.5. The molecule has 3 rings (SSSR count). The maximum absolute atomic E-state index is 14.0. The first-order chi connectivity index (χ1) is 11.1. The molecule has 1 aliphatic rings. The van der Waals surface area contributed by atoms with Gasteiger partial charge in [-0.3, -0.25) is 9.89 Å². The first kappa shape index (κ1) is 15.9. The fourth-order valence-electron chi connectivity index (χ4n) is 2.76. The number of amides is 1. The Balaban J connectivity index is 1.72. The van der Waals surface area contributed by atoms with Crippen LogP contribution in [0.15, 0.2) is 24.5 Å². The van der Waals surface area contributed by atoms with Crippen molar-refractivity contribution in [2.45, 2.75) is 18.4 Å². The minimum atomic E-state index is -0.704. The molecule has 2 heterocycles. The van der Waals surface area contributed by atoms with Crippen LogP contribution in [0.4, 0.5) is 4.39 Å². The number of H-pyrrole nitrogens is 1. The summed E-state index contributed by atoms with van der Waals surface area (Å²) >= 11 is 5.73. The molecule has 1 aromatic carbocycles. The molecule has 0 saturated carbocycles. The predicted octanol–water partition coefficient (Wildman–Crippen LogP) is 2.24. The van der Waals surface area contributed by atoms with E-state index in [0.29, 0.717) is 13.2 Å². The van der Waals surface area contributed by atoms with E-state index in [0.717, 1.165) is 12.2 Å². The number of nitrogens with zero attached hydrogens (tertiary/aromatic N) is 3. The number of aromatic amines is 1. The van der Waals surface area contributed by atoms with Gasteiger partial charge in [-0.05, 0) is 18.6 Å². The zero-order chi connectivity index (χ0) is 16.4. The molecule has 2 aromatic rings. The van der Waals surface area contributed by atoms with Gasteiger partial charge in [-0.2, -0.15) is 5.10 Å². The van der Waals surface area contributed by atoms with Crippen LogP contribution in [0.25, 0.3) is 0 Å². The number of ether oxygens (including phenoxy) is 1. The Bertz CT molecular complexity index is 695. The largest absolute Gasteiger partial charge is 0.376 e. The Kier molecular flexibility index (Phi) is 4.58. The van der Waals surface area contributed by atoms with Gasteiger partial charge >= 0.3 is 0 Å². The van der Waals surface area contributed by atoms with Gasteiger partial charge in [-0.25, -0.2) is 9.37 Å². The standard InChI is InChI=1S/C15H16ClFN4O2/c1-21(15(22)10-3-2-4-11(16)13(10)17)7-12-9(5-6-23-12)14-18-8-19-20-14/h2-4,8-9,12H,5-7H2,1H3,(H,18,19,20)/t9-,12-/m1/s1. The number of carbonyl (C=O) groups excluding carboxylic acids is 1. The predicted molar refractivity (Wildman–Crippen MR) is 81.9 cm³/mol. The Morgan fingerprint density at radius 3 is 3.13 bits per heavy atom. The van der Waals surface area contributed by atoms with Crippen molar-refractivity contribution in [3.63, 3.8) is 0 Å². The van der Waals surface area contributed by atoms with Crippen molar-refractivity contribution in [3.8, 4) is 0 Å². The Morgan fingerprint density at radius 2 is 2.39 bits per heavy atom. The molecule has 0 radical (unpaired) electrons. The molecule has 23 heavy (non-hydrogen) atoms. The molecule has 1 aliphatic heterocycles. The van der Waals surface area contributed by atoms with Crippen molar-refractivity contribution in [1.82, 2.24) is 20.1 Å². The van der Waals surface area contributed by atoms with Crippen LogP contribution in [0.3, 0.4) is 0 Å². The highest BCUT2D eigenvalue weighted by Crippen LogP contribution is 2.29. The third-order valence-electron chi connectivity index (χ3n) is 3.98. The average Bonchev–Trinajstić information content (AvgIpc) is 3.20. The third-order valence-corrected chi connectivity index (χ3v) is 4.27. The lowest BCUT2D eigenvalue weighted by Crippen LogP contribution is -2.36. The lowest BCUT2D eigenvalue weighted by Gasteiger charge is -2.24. The highest BCUT2D eigenvalue weighted by Gasteiger charge is 2.33. The second kappa shape index (κ2) is 6.64. The van der Waals surface area contributed by atoms with E-state index in [1.165, 1.54) is 23.4 Å². The van der Waals surface area contributed by atoms with Crippen LogP contribution in [0.2, 0.25) is 5.02 Å². The summed E-state index contributed by atoms with van der Waals surface area (Å²) in [5, 5.41) is 6.62. The number of hydrogen-bond donors (Lipinski definition) is 1. The van der Waals surface area contributed by atoms with Crippen molar-refractivity contribution >= 4 is 17.5 Å². The van der Waals surface area contributed by atoms with E-state index in [2.05, 4.69) is 15.2 Å². The molecular formula is C15H16ClFN4O2. The van der Waals surface area contributed by atoms with Crippen LogP contribution in [0.5, 0.6) is 0 Å². The highest BCUT2D eigenvalue weighted by molar-refractivity contribution is 6.31. The molecule has 0 aliphatic carbocycles. The first-order valence-electron chi connectivity index (χ1n) is 7.24. The second-order valence-electron chi connectivity index (χ2n) is 5.46. The number of rotatable bonds is 4. The van der Waals surface area contributed by atoms with E-state index < -0.39 is 11.7 Å². The third kappa shape index (κ3) is 3.20. The smallest absolute Gasteiger partial charge is 0.256 e. The average molecular weight is 339 g/mol. The molecule has 1 fully saturated rings. The van der Waals surface area contributed by atoms with Crippen LogP contribution in [0.1, 0.15) is 28.5 Å². The van der Waals surface area contributed by atoms with E-state index in [1.54, 1.807) is 13.1 Å². The normalized spacial score (nSPS) is 20.7. The van der Waals surface area contributed by atoms with Gasteiger partial charge in [-0.15, -0.1) is 0 Å². The van der Waals surface area contributed by atoms with Crippen molar-refractivity contribution < 1.29 is 13.9 Å². The summed E-state index contributed by atoms with van der Waals surface area (Å²) in [4.78, 5) is 18.0. The van der Waals surface area contributed by atoms with Crippen molar-refractivity contribution in [3.05, 3.63) is 46.8 Å². The van der Waals surface area contributed by atoms with Crippen LogP contribution < -0.4 is 0 Å². The van der Waals surface area contributed by atoms with Gasteiger partial charge in [0.15, 0.2) is 5.82 Å². The number of carbonyl (C=O) groups is 1. The number of halogens is 2. The number of likely N-dealkylation sites (N-methyl/N-ethyl adjacent to an activating group) is 1. The Morgan fingerprint density at radius 1 is 1.57 bits per heavy atom. The van der Waals surface area contributed by atoms with Gasteiger partial charge in [0.1, 0.15) is 12.2 Å². The lowest BCUT2D eigenvalue weighted by molar-refractivity contribution is 0.0547. The van der Waals surface area contributed by atoms with Crippen LogP contribution in [-0.2, 0) is 4.74 Å². The molecule has 122 valence electrons. The summed E-state index contributed by atoms with van der Waals surface area (Å²) < 4.78 is 19.7. The monoisotopic (exact) mass is 338 g/mol. The molecule has 8 heteroatoms. The van der Waals surface area contributed by atoms with Gasteiger partial charge < -0.3 is 9.64 Å². The molecule has 1 amide bonds. The molecule has 1 aromatic heterocycles. The van der Waals surface area contributed by atoms with E-state index in [9.17, 15) is 9.18 Å². The molecule has 1 N–H and O–H groups in total. The maximum Gasteiger partial charge on any atom is 0.256 e. The Labute approximate surface area is 137 Å². The summed E-state index contributed by atoms with van der Waals surface area (Å²) in [5.74, 6) is -0.360. The van der Waals surface area contributed by atoms with Crippen LogP contribution >= 0.6 is 11.6 Å². The summed E-state index contributed by atoms with van der Waals surface area (Å²) in [6.45, 7) is 0.916. The molecular weight excluding hydrogens is 323 g/mol. The topological polar surface area (TPSA) is 71.1 Å². The van der Waals surface area contributed by atoms with Gasteiger partial charge in [0.25, 0.3) is 5.91 Å². The number of hydrogen-bond acceptors (Lipinski definition) is 4.